The van der Waals surface area contributed by atoms with Crippen molar-refractivity contribution in [1.29, 1.82) is 0 Å². The number of aryl methyl sites for hydroxylation is 1. The number of rotatable bonds is 4. The van der Waals surface area contributed by atoms with E-state index in [2.05, 4.69) is 57.0 Å². The fraction of sp³-hybridized carbons (Fsp3) is 0.600. The SMILES string of the molecule is CC.Cc1cccc(N(C)CCC(C)C)c1. The van der Waals surface area contributed by atoms with Crippen molar-refractivity contribution in [3.05, 3.63) is 29.8 Å². The molecule has 0 aliphatic carbocycles. The molecule has 0 saturated heterocycles. The zero-order valence-electron chi connectivity index (χ0n) is 11.7. The highest BCUT2D eigenvalue weighted by Crippen LogP contribution is 2.15. The lowest BCUT2D eigenvalue weighted by Crippen LogP contribution is -2.19. The predicted octanol–water partition coefficient (Wildman–Crippen LogP) is 4.50. The van der Waals surface area contributed by atoms with Gasteiger partial charge >= 0.3 is 0 Å². The van der Waals surface area contributed by atoms with Crippen LogP contribution in [0.15, 0.2) is 24.3 Å². The van der Waals surface area contributed by atoms with Crippen LogP contribution in [0, 0.1) is 12.8 Å². The maximum absolute atomic E-state index is 2.33. The summed E-state index contributed by atoms with van der Waals surface area (Å²) in [6.45, 7) is 11.8. The van der Waals surface area contributed by atoms with Gasteiger partial charge in [-0.25, -0.2) is 0 Å². The molecule has 1 rings (SSSR count). The van der Waals surface area contributed by atoms with E-state index < -0.39 is 0 Å². The monoisotopic (exact) mass is 221 g/mol. The molecule has 1 aromatic carbocycles. The van der Waals surface area contributed by atoms with E-state index in [9.17, 15) is 0 Å². The predicted molar refractivity (Wildman–Crippen MR) is 75.3 cm³/mol. The normalized spacial score (nSPS) is 9.69. The lowest BCUT2D eigenvalue weighted by atomic mass is 10.1. The molecule has 0 bridgehead atoms. The van der Waals surface area contributed by atoms with Gasteiger partial charge in [0.15, 0.2) is 0 Å². The minimum atomic E-state index is 0.780. The Hall–Kier alpha value is -0.980. The maximum Gasteiger partial charge on any atom is 0.0366 e. The molecule has 0 unspecified atom stereocenters. The Kier molecular flexibility index (Phi) is 7.70. The summed E-state index contributed by atoms with van der Waals surface area (Å²) in [5, 5.41) is 0. The second-order valence-corrected chi connectivity index (χ2v) is 4.44. The average Bonchev–Trinajstić information content (AvgIpc) is 2.28. The van der Waals surface area contributed by atoms with Gasteiger partial charge in [-0.1, -0.05) is 39.8 Å². The fourth-order valence-electron chi connectivity index (χ4n) is 1.45. The molecule has 1 heteroatoms. The molecule has 0 N–H and O–H groups in total. The summed E-state index contributed by atoms with van der Waals surface area (Å²) in [4.78, 5) is 2.33. The topological polar surface area (TPSA) is 3.24 Å². The molecule has 0 radical (unpaired) electrons. The molecule has 0 spiro atoms. The Bertz CT molecular complexity index is 279. The van der Waals surface area contributed by atoms with E-state index in [-0.39, 0.29) is 0 Å². The smallest absolute Gasteiger partial charge is 0.0366 e. The summed E-state index contributed by atoms with van der Waals surface area (Å²) in [7, 11) is 2.16. The van der Waals surface area contributed by atoms with Crippen LogP contribution < -0.4 is 4.90 Å². The molecular weight excluding hydrogens is 194 g/mol. The zero-order valence-corrected chi connectivity index (χ0v) is 11.7. The Morgan fingerprint density at radius 1 is 1.19 bits per heavy atom. The van der Waals surface area contributed by atoms with Crippen molar-refractivity contribution in [2.24, 2.45) is 5.92 Å². The summed E-state index contributed by atoms with van der Waals surface area (Å²) >= 11 is 0. The van der Waals surface area contributed by atoms with Crippen molar-refractivity contribution in [3.8, 4) is 0 Å². The molecule has 16 heavy (non-hydrogen) atoms. The summed E-state index contributed by atoms with van der Waals surface area (Å²) in [5.41, 5.74) is 2.66. The van der Waals surface area contributed by atoms with Gasteiger partial charge in [-0.05, 0) is 37.0 Å². The van der Waals surface area contributed by atoms with Gasteiger partial charge < -0.3 is 4.90 Å². The molecular formula is C15H27N. The quantitative estimate of drug-likeness (QED) is 0.723. The highest BCUT2D eigenvalue weighted by molar-refractivity contribution is 5.47. The van der Waals surface area contributed by atoms with Gasteiger partial charge in [0.2, 0.25) is 0 Å². The maximum atomic E-state index is 2.33. The molecule has 0 heterocycles. The Labute approximate surface area is 101 Å². The summed E-state index contributed by atoms with van der Waals surface area (Å²) in [5.74, 6) is 0.780. The first-order valence-electron chi connectivity index (χ1n) is 6.37. The van der Waals surface area contributed by atoms with E-state index in [0.717, 1.165) is 12.5 Å². The van der Waals surface area contributed by atoms with Gasteiger partial charge in [-0.2, -0.15) is 0 Å². The second-order valence-electron chi connectivity index (χ2n) is 4.44. The summed E-state index contributed by atoms with van der Waals surface area (Å²) in [6, 6.07) is 8.67. The number of anilines is 1. The third-order valence-electron chi connectivity index (χ3n) is 2.48. The lowest BCUT2D eigenvalue weighted by molar-refractivity contribution is 0.585. The van der Waals surface area contributed by atoms with Gasteiger partial charge in [0.25, 0.3) is 0 Å². The highest BCUT2D eigenvalue weighted by Gasteiger charge is 2.01. The number of hydrogen-bond donors (Lipinski definition) is 0. The van der Waals surface area contributed by atoms with E-state index in [1.54, 1.807) is 0 Å². The van der Waals surface area contributed by atoms with Crippen LogP contribution in [-0.4, -0.2) is 13.6 Å². The average molecular weight is 221 g/mol. The molecule has 0 aliphatic heterocycles. The number of benzene rings is 1. The van der Waals surface area contributed by atoms with Crippen LogP contribution in [0.1, 0.15) is 39.7 Å². The Balaban J connectivity index is 0.00000106. The van der Waals surface area contributed by atoms with E-state index in [1.807, 2.05) is 13.8 Å². The first-order chi connectivity index (χ1) is 7.59. The van der Waals surface area contributed by atoms with Gasteiger partial charge in [-0.15, -0.1) is 0 Å². The van der Waals surface area contributed by atoms with Crippen molar-refractivity contribution in [3.63, 3.8) is 0 Å². The minimum absolute atomic E-state index is 0.780. The molecule has 92 valence electrons. The number of hydrogen-bond acceptors (Lipinski definition) is 1. The van der Waals surface area contributed by atoms with Crippen molar-refractivity contribution < 1.29 is 0 Å². The molecule has 0 fully saturated rings. The van der Waals surface area contributed by atoms with Crippen molar-refractivity contribution in [2.75, 3.05) is 18.5 Å². The molecule has 1 aromatic rings. The van der Waals surface area contributed by atoms with Crippen LogP contribution in [0.3, 0.4) is 0 Å². The second kappa shape index (κ2) is 8.20. The fourth-order valence-corrected chi connectivity index (χ4v) is 1.45. The molecule has 0 saturated carbocycles. The van der Waals surface area contributed by atoms with Gasteiger partial charge in [-0.3, -0.25) is 0 Å². The van der Waals surface area contributed by atoms with Crippen molar-refractivity contribution >= 4 is 5.69 Å². The highest BCUT2D eigenvalue weighted by atomic mass is 15.1. The standard InChI is InChI=1S/C13H21N.C2H6/c1-11(2)8-9-14(4)13-7-5-6-12(3)10-13;1-2/h5-7,10-11H,8-9H2,1-4H3;1-2H3. The Morgan fingerprint density at radius 2 is 1.81 bits per heavy atom. The first kappa shape index (κ1) is 15.0. The third-order valence-corrected chi connectivity index (χ3v) is 2.48. The van der Waals surface area contributed by atoms with Crippen LogP contribution >= 0.6 is 0 Å². The zero-order chi connectivity index (χ0) is 12.6. The minimum Gasteiger partial charge on any atom is -0.375 e. The molecule has 0 atom stereocenters. The summed E-state index contributed by atoms with van der Waals surface area (Å²) < 4.78 is 0. The van der Waals surface area contributed by atoms with E-state index in [1.165, 1.54) is 17.7 Å². The third kappa shape index (κ3) is 5.79. The molecule has 0 aliphatic rings. The molecule has 0 amide bonds. The van der Waals surface area contributed by atoms with Crippen LogP contribution in [0.25, 0.3) is 0 Å². The van der Waals surface area contributed by atoms with Crippen LogP contribution in [-0.2, 0) is 0 Å². The van der Waals surface area contributed by atoms with Gasteiger partial charge in [0.05, 0.1) is 0 Å². The molecule has 1 nitrogen and oxygen atoms in total. The van der Waals surface area contributed by atoms with E-state index in [0.29, 0.717) is 0 Å². The summed E-state index contributed by atoms with van der Waals surface area (Å²) in [6.07, 6.45) is 1.25. The van der Waals surface area contributed by atoms with Crippen LogP contribution in [0.4, 0.5) is 5.69 Å². The van der Waals surface area contributed by atoms with Gasteiger partial charge in [0.1, 0.15) is 0 Å². The van der Waals surface area contributed by atoms with Crippen molar-refractivity contribution in [2.45, 2.75) is 41.0 Å². The van der Waals surface area contributed by atoms with E-state index in [4.69, 9.17) is 0 Å². The first-order valence-corrected chi connectivity index (χ1v) is 6.37. The van der Waals surface area contributed by atoms with Crippen LogP contribution in [0.5, 0.6) is 0 Å². The number of nitrogens with zero attached hydrogens (tertiary/aromatic N) is 1. The largest absolute Gasteiger partial charge is 0.375 e. The molecule has 0 aromatic heterocycles. The van der Waals surface area contributed by atoms with E-state index >= 15 is 0 Å². The van der Waals surface area contributed by atoms with Gasteiger partial charge in [0, 0.05) is 19.3 Å². The van der Waals surface area contributed by atoms with Crippen LogP contribution in [0.2, 0.25) is 0 Å². The van der Waals surface area contributed by atoms with Crippen molar-refractivity contribution in [1.82, 2.24) is 0 Å². The Morgan fingerprint density at radius 3 is 2.31 bits per heavy atom. The lowest BCUT2D eigenvalue weighted by Gasteiger charge is -2.20.